The third-order valence-corrected chi connectivity index (χ3v) is 1.96. The van der Waals surface area contributed by atoms with Gasteiger partial charge in [-0.05, 0) is 39.5 Å². The van der Waals surface area contributed by atoms with Crippen LogP contribution in [0, 0.1) is 5.92 Å². The van der Waals surface area contributed by atoms with Crippen LogP contribution in [-0.2, 0) is 14.3 Å². The normalized spacial score (nSPS) is 14.1. The summed E-state index contributed by atoms with van der Waals surface area (Å²) in [5.74, 6) is 0.315. The third kappa shape index (κ3) is 7.37. The molecule has 1 atom stereocenters. The van der Waals surface area contributed by atoms with E-state index < -0.39 is 11.7 Å². The summed E-state index contributed by atoms with van der Waals surface area (Å²) in [5.41, 5.74) is -0.439. The van der Waals surface area contributed by atoms with Crippen molar-refractivity contribution < 1.29 is 14.3 Å². The highest BCUT2D eigenvalue weighted by molar-refractivity contribution is 5.75. The van der Waals surface area contributed by atoms with Crippen LogP contribution >= 0.6 is 0 Å². The second-order valence-corrected chi connectivity index (χ2v) is 5.23. The largest absolute Gasteiger partial charge is 0.458 e. The Labute approximate surface area is 93.1 Å². The Morgan fingerprint density at radius 2 is 1.73 bits per heavy atom. The van der Waals surface area contributed by atoms with E-state index >= 15 is 0 Å². The van der Waals surface area contributed by atoms with Gasteiger partial charge in [-0.3, -0.25) is 0 Å². The van der Waals surface area contributed by atoms with Crippen molar-refractivity contribution >= 4 is 5.97 Å². The van der Waals surface area contributed by atoms with Gasteiger partial charge < -0.3 is 9.47 Å². The van der Waals surface area contributed by atoms with Gasteiger partial charge in [-0.25, -0.2) is 4.79 Å². The van der Waals surface area contributed by atoms with Crippen molar-refractivity contribution in [3.8, 4) is 0 Å². The Kier molecular flexibility index (Phi) is 5.88. The first-order valence-corrected chi connectivity index (χ1v) is 5.52. The molecule has 0 aromatic carbocycles. The van der Waals surface area contributed by atoms with Crippen LogP contribution < -0.4 is 0 Å². The predicted molar refractivity (Wildman–Crippen MR) is 60.7 cm³/mol. The number of rotatable bonds is 5. The lowest BCUT2D eigenvalue weighted by molar-refractivity contribution is -0.167. The zero-order chi connectivity index (χ0) is 12.1. The average molecular weight is 216 g/mol. The summed E-state index contributed by atoms with van der Waals surface area (Å²) in [5, 5.41) is 0. The zero-order valence-corrected chi connectivity index (χ0v) is 10.8. The van der Waals surface area contributed by atoms with Crippen LogP contribution in [0.2, 0.25) is 0 Å². The molecule has 0 N–H and O–H groups in total. The fourth-order valence-corrected chi connectivity index (χ4v) is 1.18. The van der Waals surface area contributed by atoms with Crippen molar-refractivity contribution in [2.24, 2.45) is 5.92 Å². The Morgan fingerprint density at radius 1 is 1.20 bits per heavy atom. The van der Waals surface area contributed by atoms with Gasteiger partial charge in [-0.2, -0.15) is 0 Å². The highest BCUT2D eigenvalue weighted by atomic mass is 16.6. The summed E-state index contributed by atoms with van der Waals surface area (Å²) in [6.45, 7) is 9.84. The summed E-state index contributed by atoms with van der Waals surface area (Å²) in [6.07, 6.45) is 1.27. The van der Waals surface area contributed by atoms with E-state index in [1.807, 2.05) is 20.8 Å². The third-order valence-electron chi connectivity index (χ3n) is 1.96. The molecule has 3 nitrogen and oxygen atoms in total. The van der Waals surface area contributed by atoms with Crippen molar-refractivity contribution in [2.45, 2.75) is 59.2 Å². The number of hydrogen-bond donors (Lipinski definition) is 0. The summed E-state index contributed by atoms with van der Waals surface area (Å²) in [6, 6.07) is 0. The van der Waals surface area contributed by atoms with E-state index in [-0.39, 0.29) is 5.97 Å². The second kappa shape index (κ2) is 6.11. The summed E-state index contributed by atoms with van der Waals surface area (Å²) < 4.78 is 10.4. The van der Waals surface area contributed by atoms with E-state index in [4.69, 9.17) is 9.47 Å². The summed E-state index contributed by atoms with van der Waals surface area (Å²) in [4.78, 5) is 11.7. The monoisotopic (exact) mass is 216 g/mol. The Hall–Kier alpha value is -0.570. The smallest absolute Gasteiger partial charge is 0.335 e. The van der Waals surface area contributed by atoms with Crippen LogP contribution in [0.5, 0.6) is 0 Å². The van der Waals surface area contributed by atoms with Crippen LogP contribution in [0.3, 0.4) is 0 Å². The predicted octanol–water partition coefficient (Wildman–Crippen LogP) is 2.78. The minimum absolute atomic E-state index is 0.259. The maximum Gasteiger partial charge on any atom is 0.335 e. The van der Waals surface area contributed by atoms with E-state index in [0.717, 1.165) is 12.8 Å². The van der Waals surface area contributed by atoms with Crippen molar-refractivity contribution in [2.75, 3.05) is 7.11 Å². The average Bonchev–Trinajstić information content (AvgIpc) is 2.01. The molecule has 0 aromatic rings. The molecule has 0 aromatic heterocycles. The van der Waals surface area contributed by atoms with Gasteiger partial charge in [0.05, 0.1) is 0 Å². The lowest BCUT2D eigenvalue weighted by atomic mass is 10.0. The highest BCUT2D eigenvalue weighted by Gasteiger charge is 2.24. The fourth-order valence-electron chi connectivity index (χ4n) is 1.18. The number of methoxy groups -OCH3 is 1. The number of hydrogen-bond acceptors (Lipinski definition) is 3. The van der Waals surface area contributed by atoms with Crippen molar-refractivity contribution in [3.63, 3.8) is 0 Å². The molecule has 0 saturated carbocycles. The number of esters is 1. The molecule has 90 valence electrons. The van der Waals surface area contributed by atoms with Crippen LogP contribution in [-0.4, -0.2) is 24.8 Å². The van der Waals surface area contributed by atoms with E-state index in [0.29, 0.717) is 5.92 Å². The molecule has 0 radical (unpaired) electrons. The topological polar surface area (TPSA) is 35.5 Å². The zero-order valence-electron chi connectivity index (χ0n) is 10.8. The van der Waals surface area contributed by atoms with Gasteiger partial charge in [0.25, 0.3) is 0 Å². The highest BCUT2D eigenvalue weighted by Crippen LogP contribution is 2.14. The molecule has 0 spiro atoms. The van der Waals surface area contributed by atoms with Crippen molar-refractivity contribution in [1.82, 2.24) is 0 Å². The van der Waals surface area contributed by atoms with Crippen LogP contribution in [0.25, 0.3) is 0 Å². The second-order valence-electron chi connectivity index (χ2n) is 5.23. The molecule has 15 heavy (non-hydrogen) atoms. The Bertz CT molecular complexity index is 192. The van der Waals surface area contributed by atoms with E-state index in [9.17, 15) is 4.79 Å². The van der Waals surface area contributed by atoms with Crippen LogP contribution in [0.4, 0.5) is 0 Å². The molecule has 0 rings (SSSR count). The Morgan fingerprint density at radius 3 is 2.07 bits per heavy atom. The van der Waals surface area contributed by atoms with Gasteiger partial charge in [0.1, 0.15) is 5.60 Å². The van der Waals surface area contributed by atoms with Gasteiger partial charge in [0, 0.05) is 7.11 Å². The van der Waals surface area contributed by atoms with E-state index in [1.165, 1.54) is 0 Å². The summed E-state index contributed by atoms with van der Waals surface area (Å²) in [7, 11) is 1.55. The molecule has 0 saturated heterocycles. The summed E-state index contributed by atoms with van der Waals surface area (Å²) >= 11 is 0. The molecule has 0 heterocycles. The first-order valence-electron chi connectivity index (χ1n) is 5.52. The SMILES string of the molecule is COC(CCC(C)C)C(=O)OC(C)(C)C. The maximum atomic E-state index is 11.7. The van der Waals surface area contributed by atoms with Gasteiger partial charge in [-0.1, -0.05) is 13.8 Å². The molecule has 1 unspecified atom stereocenters. The first-order chi connectivity index (χ1) is 6.76. The standard InChI is InChI=1S/C12H24O3/c1-9(2)7-8-10(14-6)11(13)15-12(3,4)5/h9-10H,7-8H2,1-6H3. The minimum Gasteiger partial charge on any atom is -0.458 e. The van der Waals surface area contributed by atoms with Gasteiger partial charge in [0.2, 0.25) is 0 Å². The molecule has 0 aliphatic carbocycles. The maximum absolute atomic E-state index is 11.7. The molecule has 0 bridgehead atoms. The number of ether oxygens (including phenoxy) is 2. The Balaban J connectivity index is 4.11. The molecular formula is C12H24O3. The van der Waals surface area contributed by atoms with Crippen molar-refractivity contribution in [3.05, 3.63) is 0 Å². The quantitative estimate of drug-likeness (QED) is 0.663. The van der Waals surface area contributed by atoms with Crippen LogP contribution in [0.15, 0.2) is 0 Å². The number of carbonyl (C=O) groups is 1. The fraction of sp³-hybridized carbons (Fsp3) is 0.917. The van der Waals surface area contributed by atoms with Gasteiger partial charge in [-0.15, -0.1) is 0 Å². The molecule has 3 heteroatoms. The lowest BCUT2D eigenvalue weighted by Gasteiger charge is -2.23. The van der Waals surface area contributed by atoms with E-state index in [2.05, 4.69) is 13.8 Å². The lowest BCUT2D eigenvalue weighted by Crippen LogP contribution is -2.33. The van der Waals surface area contributed by atoms with E-state index in [1.54, 1.807) is 7.11 Å². The van der Waals surface area contributed by atoms with Crippen LogP contribution in [0.1, 0.15) is 47.5 Å². The van der Waals surface area contributed by atoms with Crippen molar-refractivity contribution in [1.29, 1.82) is 0 Å². The molecular weight excluding hydrogens is 192 g/mol. The van der Waals surface area contributed by atoms with Gasteiger partial charge in [0.15, 0.2) is 6.10 Å². The molecule has 0 aliphatic rings. The molecule has 0 amide bonds. The van der Waals surface area contributed by atoms with Gasteiger partial charge >= 0.3 is 5.97 Å². The number of carbonyl (C=O) groups excluding carboxylic acids is 1. The molecule has 0 fully saturated rings. The minimum atomic E-state index is -0.439. The first kappa shape index (κ1) is 14.4. The molecule has 0 aliphatic heterocycles.